The molecule has 1 aromatic heterocycles. The van der Waals surface area contributed by atoms with Crippen molar-refractivity contribution in [1.29, 1.82) is 0 Å². The van der Waals surface area contributed by atoms with Crippen LogP contribution in [-0.4, -0.2) is 50.2 Å². The van der Waals surface area contributed by atoms with Gasteiger partial charge in [-0.2, -0.15) is 0 Å². The first-order chi connectivity index (χ1) is 11.0. The lowest BCUT2D eigenvalue weighted by atomic mass is 9.86. The number of aromatic nitrogens is 1. The summed E-state index contributed by atoms with van der Waals surface area (Å²) in [5.74, 6) is 0.494. The SMILES string of the molecule is O=C(CC1(n2cccc2)CCOCC1)NCC1CCS(=O)(=O)C1. The average molecular weight is 340 g/mol. The van der Waals surface area contributed by atoms with Crippen molar-refractivity contribution < 1.29 is 17.9 Å². The maximum atomic E-state index is 12.4. The molecule has 0 aromatic carbocycles. The number of nitrogens with zero attached hydrogens (tertiary/aromatic N) is 1. The number of rotatable bonds is 5. The summed E-state index contributed by atoms with van der Waals surface area (Å²) in [5.41, 5.74) is -0.229. The summed E-state index contributed by atoms with van der Waals surface area (Å²) >= 11 is 0. The number of nitrogens with one attached hydrogen (secondary N) is 1. The Morgan fingerprint density at radius 2 is 1.96 bits per heavy atom. The fourth-order valence-corrected chi connectivity index (χ4v) is 5.44. The highest BCUT2D eigenvalue weighted by Gasteiger charge is 2.36. The zero-order valence-corrected chi connectivity index (χ0v) is 14.1. The first kappa shape index (κ1) is 16.5. The van der Waals surface area contributed by atoms with Gasteiger partial charge in [0.15, 0.2) is 9.84 Å². The molecule has 1 aromatic rings. The fourth-order valence-electron chi connectivity index (χ4n) is 3.58. The van der Waals surface area contributed by atoms with Gasteiger partial charge in [0, 0.05) is 32.2 Å². The molecule has 0 bridgehead atoms. The second kappa shape index (κ2) is 6.65. The van der Waals surface area contributed by atoms with E-state index in [0.29, 0.717) is 32.6 Å². The van der Waals surface area contributed by atoms with E-state index in [2.05, 4.69) is 9.88 Å². The van der Waals surface area contributed by atoms with Gasteiger partial charge in [-0.3, -0.25) is 4.79 Å². The lowest BCUT2D eigenvalue weighted by Gasteiger charge is -2.38. The molecule has 0 spiro atoms. The first-order valence-electron chi connectivity index (χ1n) is 8.17. The van der Waals surface area contributed by atoms with E-state index in [0.717, 1.165) is 12.8 Å². The maximum Gasteiger partial charge on any atom is 0.222 e. The van der Waals surface area contributed by atoms with Gasteiger partial charge in [0.2, 0.25) is 5.91 Å². The van der Waals surface area contributed by atoms with Crippen LogP contribution in [-0.2, 0) is 24.9 Å². The summed E-state index contributed by atoms with van der Waals surface area (Å²) in [6.45, 7) is 1.77. The second-order valence-electron chi connectivity index (χ2n) is 6.68. The van der Waals surface area contributed by atoms with Gasteiger partial charge in [0.05, 0.1) is 23.5 Å². The molecule has 3 rings (SSSR count). The largest absolute Gasteiger partial charge is 0.381 e. The summed E-state index contributed by atoms with van der Waals surface area (Å²) in [6, 6.07) is 3.94. The van der Waals surface area contributed by atoms with Crippen LogP contribution in [0.25, 0.3) is 0 Å². The number of hydrogen-bond acceptors (Lipinski definition) is 4. The van der Waals surface area contributed by atoms with Crippen molar-refractivity contribution in [2.24, 2.45) is 5.92 Å². The second-order valence-corrected chi connectivity index (χ2v) is 8.91. The lowest BCUT2D eigenvalue weighted by Crippen LogP contribution is -2.44. The summed E-state index contributed by atoms with van der Waals surface area (Å²) in [5, 5.41) is 2.94. The minimum absolute atomic E-state index is 0.00935. The van der Waals surface area contributed by atoms with Gasteiger partial charge < -0.3 is 14.6 Å². The average Bonchev–Trinajstić information content (AvgIpc) is 3.16. The summed E-state index contributed by atoms with van der Waals surface area (Å²) in [6.07, 6.45) is 6.69. The van der Waals surface area contributed by atoms with E-state index in [9.17, 15) is 13.2 Å². The highest BCUT2D eigenvalue weighted by Crippen LogP contribution is 2.33. The number of hydrogen-bond donors (Lipinski definition) is 1. The molecule has 2 aliphatic heterocycles. The summed E-state index contributed by atoms with van der Waals surface area (Å²) in [7, 11) is -2.89. The van der Waals surface area contributed by atoms with E-state index in [1.807, 2.05) is 24.5 Å². The molecule has 2 fully saturated rings. The summed E-state index contributed by atoms with van der Waals surface area (Å²) in [4.78, 5) is 12.4. The molecule has 3 heterocycles. The number of carbonyl (C=O) groups excluding carboxylic acids is 1. The predicted octanol–water partition coefficient (Wildman–Crippen LogP) is 0.935. The van der Waals surface area contributed by atoms with Crippen molar-refractivity contribution in [3.8, 4) is 0 Å². The quantitative estimate of drug-likeness (QED) is 0.865. The molecular formula is C16H24N2O4S. The number of amides is 1. The van der Waals surface area contributed by atoms with E-state index < -0.39 is 9.84 Å². The van der Waals surface area contributed by atoms with Gasteiger partial charge in [0.25, 0.3) is 0 Å². The van der Waals surface area contributed by atoms with Crippen LogP contribution in [0.4, 0.5) is 0 Å². The van der Waals surface area contributed by atoms with E-state index >= 15 is 0 Å². The molecule has 23 heavy (non-hydrogen) atoms. The first-order valence-corrected chi connectivity index (χ1v) is 10.00. The van der Waals surface area contributed by atoms with Crippen molar-refractivity contribution in [1.82, 2.24) is 9.88 Å². The molecule has 2 aliphatic rings. The predicted molar refractivity (Wildman–Crippen MR) is 86.8 cm³/mol. The normalized spacial score (nSPS) is 26.0. The minimum atomic E-state index is -2.89. The summed E-state index contributed by atoms with van der Waals surface area (Å²) < 4.78 is 30.5. The zero-order chi connectivity index (χ0) is 16.3. The van der Waals surface area contributed by atoms with Gasteiger partial charge in [-0.15, -0.1) is 0 Å². The molecule has 0 saturated carbocycles. The highest BCUT2D eigenvalue weighted by atomic mass is 32.2. The molecular weight excluding hydrogens is 316 g/mol. The third-order valence-corrected chi connectivity index (χ3v) is 6.82. The van der Waals surface area contributed by atoms with E-state index in [4.69, 9.17) is 4.74 Å². The topological polar surface area (TPSA) is 77.4 Å². The maximum absolute atomic E-state index is 12.4. The molecule has 128 valence electrons. The lowest BCUT2D eigenvalue weighted by molar-refractivity contribution is -0.124. The van der Waals surface area contributed by atoms with Crippen molar-refractivity contribution in [3.05, 3.63) is 24.5 Å². The van der Waals surface area contributed by atoms with E-state index in [-0.39, 0.29) is 28.9 Å². The third-order valence-electron chi connectivity index (χ3n) is 4.98. The van der Waals surface area contributed by atoms with Crippen LogP contribution in [0.1, 0.15) is 25.7 Å². The van der Waals surface area contributed by atoms with Crippen LogP contribution < -0.4 is 5.32 Å². The van der Waals surface area contributed by atoms with Gasteiger partial charge in [-0.25, -0.2) is 8.42 Å². The minimum Gasteiger partial charge on any atom is -0.381 e. The third kappa shape index (κ3) is 3.95. The Kier molecular flexibility index (Phi) is 4.77. The van der Waals surface area contributed by atoms with Crippen LogP contribution in [0.2, 0.25) is 0 Å². The van der Waals surface area contributed by atoms with E-state index in [1.54, 1.807) is 0 Å². The van der Waals surface area contributed by atoms with Crippen LogP contribution in [0, 0.1) is 5.92 Å². The van der Waals surface area contributed by atoms with Crippen LogP contribution in [0.3, 0.4) is 0 Å². The van der Waals surface area contributed by atoms with Crippen molar-refractivity contribution in [3.63, 3.8) is 0 Å². The number of ether oxygens (including phenoxy) is 1. The van der Waals surface area contributed by atoms with Crippen molar-refractivity contribution in [2.45, 2.75) is 31.2 Å². The Morgan fingerprint density at radius 1 is 1.26 bits per heavy atom. The van der Waals surface area contributed by atoms with Crippen molar-refractivity contribution in [2.75, 3.05) is 31.3 Å². The molecule has 0 radical (unpaired) electrons. The van der Waals surface area contributed by atoms with E-state index in [1.165, 1.54) is 0 Å². The van der Waals surface area contributed by atoms with Crippen LogP contribution in [0.5, 0.6) is 0 Å². The highest BCUT2D eigenvalue weighted by molar-refractivity contribution is 7.91. The van der Waals surface area contributed by atoms with Crippen molar-refractivity contribution >= 4 is 15.7 Å². The Morgan fingerprint density at radius 3 is 2.57 bits per heavy atom. The molecule has 1 N–H and O–H groups in total. The molecule has 1 unspecified atom stereocenters. The Labute approximate surface area is 137 Å². The molecule has 0 aliphatic carbocycles. The van der Waals surface area contributed by atoms with Crippen LogP contribution in [0.15, 0.2) is 24.5 Å². The van der Waals surface area contributed by atoms with Gasteiger partial charge in [0.1, 0.15) is 0 Å². The smallest absolute Gasteiger partial charge is 0.222 e. The fraction of sp³-hybridized carbons (Fsp3) is 0.688. The van der Waals surface area contributed by atoms with Crippen LogP contribution >= 0.6 is 0 Å². The molecule has 6 nitrogen and oxygen atoms in total. The van der Waals surface area contributed by atoms with Gasteiger partial charge in [-0.05, 0) is 37.3 Å². The van der Waals surface area contributed by atoms with Gasteiger partial charge >= 0.3 is 0 Å². The Hall–Kier alpha value is -1.34. The Balaban J connectivity index is 1.58. The molecule has 1 amide bonds. The number of carbonyl (C=O) groups is 1. The molecule has 7 heteroatoms. The molecule has 1 atom stereocenters. The van der Waals surface area contributed by atoms with Gasteiger partial charge in [-0.1, -0.05) is 0 Å². The monoisotopic (exact) mass is 340 g/mol. The number of sulfone groups is 1. The zero-order valence-electron chi connectivity index (χ0n) is 13.2. The standard InChI is InChI=1S/C16H24N2O4S/c19-15(17-12-14-3-10-23(20,21)13-14)11-16(4-8-22-9-5-16)18-6-1-2-7-18/h1-2,6-7,14H,3-5,8-13H2,(H,17,19). The Bertz CT molecular complexity index is 633. The molecule has 2 saturated heterocycles.